The minimum atomic E-state index is 0.0881. The molecule has 1 aromatic rings. The Morgan fingerprint density at radius 1 is 1.32 bits per heavy atom. The van der Waals surface area contributed by atoms with E-state index in [2.05, 4.69) is 51.3 Å². The molecule has 0 radical (unpaired) electrons. The molecular weight excluding hydrogens is 256 g/mol. The molecule has 4 heteroatoms. The highest BCUT2D eigenvalue weighted by atomic mass is 32.1. The maximum absolute atomic E-state index is 11.8. The van der Waals surface area contributed by atoms with Crippen LogP contribution >= 0.6 is 11.3 Å². The number of hydrogen-bond acceptors (Lipinski definition) is 3. The molecule has 19 heavy (non-hydrogen) atoms. The van der Waals surface area contributed by atoms with Crippen molar-refractivity contribution >= 4 is 17.2 Å². The zero-order valence-corrected chi connectivity index (χ0v) is 13.5. The van der Waals surface area contributed by atoms with Gasteiger partial charge in [-0.25, -0.2) is 0 Å². The van der Waals surface area contributed by atoms with E-state index in [1.165, 1.54) is 15.3 Å². The SMILES string of the molecule is CCC(CC)NC(=O)CNC(C)c1cc(C)sc1C. The van der Waals surface area contributed by atoms with Gasteiger partial charge in [0.1, 0.15) is 0 Å². The van der Waals surface area contributed by atoms with Crippen LogP contribution in [0.5, 0.6) is 0 Å². The number of nitrogens with one attached hydrogen (secondary N) is 2. The predicted molar refractivity (Wildman–Crippen MR) is 82.7 cm³/mol. The molecule has 1 heterocycles. The Balaban J connectivity index is 2.44. The van der Waals surface area contributed by atoms with E-state index in [4.69, 9.17) is 0 Å². The molecule has 0 fully saturated rings. The summed E-state index contributed by atoms with van der Waals surface area (Å²) in [6.45, 7) is 10.9. The molecule has 108 valence electrons. The molecule has 2 N–H and O–H groups in total. The van der Waals surface area contributed by atoms with Crippen molar-refractivity contribution < 1.29 is 4.79 Å². The van der Waals surface area contributed by atoms with Gasteiger partial charge >= 0.3 is 0 Å². The monoisotopic (exact) mass is 282 g/mol. The van der Waals surface area contributed by atoms with Crippen LogP contribution in [0.15, 0.2) is 6.07 Å². The number of carbonyl (C=O) groups is 1. The minimum Gasteiger partial charge on any atom is -0.352 e. The molecule has 0 bridgehead atoms. The number of amides is 1. The van der Waals surface area contributed by atoms with E-state index < -0.39 is 0 Å². The Bertz CT molecular complexity index is 410. The van der Waals surface area contributed by atoms with E-state index in [0.717, 1.165) is 12.8 Å². The molecule has 1 unspecified atom stereocenters. The molecule has 0 aliphatic carbocycles. The standard InChI is InChI=1S/C15H26N2OS/c1-6-13(7-2)17-15(18)9-16-11(4)14-8-10(3)19-12(14)5/h8,11,13,16H,6-7,9H2,1-5H3,(H,17,18). The second-order valence-electron chi connectivity index (χ2n) is 5.05. The van der Waals surface area contributed by atoms with E-state index in [9.17, 15) is 4.79 Å². The fraction of sp³-hybridized carbons (Fsp3) is 0.667. The van der Waals surface area contributed by atoms with Crippen molar-refractivity contribution in [1.82, 2.24) is 10.6 Å². The van der Waals surface area contributed by atoms with E-state index in [1.54, 1.807) is 0 Å². The summed E-state index contributed by atoms with van der Waals surface area (Å²) < 4.78 is 0. The Morgan fingerprint density at radius 3 is 2.42 bits per heavy atom. The van der Waals surface area contributed by atoms with Crippen LogP contribution in [0.3, 0.4) is 0 Å². The minimum absolute atomic E-state index is 0.0881. The Morgan fingerprint density at radius 2 is 1.95 bits per heavy atom. The van der Waals surface area contributed by atoms with Gasteiger partial charge in [-0.3, -0.25) is 4.79 Å². The summed E-state index contributed by atoms with van der Waals surface area (Å²) in [5.74, 6) is 0.0881. The predicted octanol–water partition coefficient (Wildman–Crippen LogP) is 3.32. The van der Waals surface area contributed by atoms with Crippen LogP contribution in [-0.4, -0.2) is 18.5 Å². The molecule has 0 saturated carbocycles. The second kappa shape index (κ2) is 7.65. The molecule has 0 aliphatic rings. The first-order chi connectivity index (χ1) is 8.97. The lowest BCUT2D eigenvalue weighted by Crippen LogP contribution is -2.40. The molecule has 1 atom stereocenters. The molecule has 1 rings (SSSR count). The third kappa shape index (κ3) is 4.96. The highest BCUT2D eigenvalue weighted by molar-refractivity contribution is 7.12. The largest absolute Gasteiger partial charge is 0.352 e. The topological polar surface area (TPSA) is 41.1 Å². The van der Waals surface area contributed by atoms with Gasteiger partial charge in [0.25, 0.3) is 0 Å². The summed E-state index contributed by atoms with van der Waals surface area (Å²) in [6.07, 6.45) is 1.97. The van der Waals surface area contributed by atoms with Crippen LogP contribution in [0.1, 0.15) is 55.0 Å². The average Bonchev–Trinajstić information content (AvgIpc) is 2.72. The maximum Gasteiger partial charge on any atom is 0.234 e. The lowest BCUT2D eigenvalue weighted by Gasteiger charge is -2.17. The lowest BCUT2D eigenvalue weighted by atomic mass is 10.1. The van der Waals surface area contributed by atoms with Gasteiger partial charge in [-0.05, 0) is 45.2 Å². The van der Waals surface area contributed by atoms with Gasteiger partial charge in [-0.2, -0.15) is 0 Å². The molecule has 1 amide bonds. The third-order valence-corrected chi connectivity index (χ3v) is 4.45. The number of thiophene rings is 1. The van der Waals surface area contributed by atoms with Crippen molar-refractivity contribution in [2.75, 3.05) is 6.54 Å². The van der Waals surface area contributed by atoms with Crippen LogP contribution in [0, 0.1) is 13.8 Å². The fourth-order valence-electron chi connectivity index (χ4n) is 2.21. The van der Waals surface area contributed by atoms with Crippen LogP contribution in [0.2, 0.25) is 0 Å². The molecule has 0 saturated heterocycles. The summed E-state index contributed by atoms with van der Waals surface area (Å²) >= 11 is 1.81. The first-order valence-corrected chi connectivity index (χ1v) is 7.89. The quantitative estimate of drug-likeness (QED) is 0.805. The normalized spacial score (nSPS) is 12.7. The van der Waals surface area contributed by atoms with Crippen molar-refractivity contribution in [3.8, 4) is 0 Å². The number of aryl methyl sites for hydroxylation is 2. The van der Waals surface area contributed by atoms with Gasteiger partial charge in [-0.15, -0.1) is 11.3 Å². The van der Waals surface area contributed by atoms with Gasteiger partial charge in [0.05, 0.1) is 6.54 Å². The van der Waals surface area contributed by atoms with Gasteiger partial charge in [-0.1, -0.05) is 13.8 Å². The van der Waals surface area contributed by atoms with Crippen molar-refractivity contribution in [2.24, 2.45) is 0 Å². The number of rotatable bonds is 7. The van der Waals surface area contributed by atoms with Crippen LogP contribution < -0.4 is 10.6 Å². The van der Waals surface area contributed by atoms with Crippen LogP contribution in [-0.2, 0) is 4.79 Å². The summed E-state index contributed by atoms with van der Waals surface area (Å²) in [7, 11) is 0. The van der Waals surface area contributed by atoms with Gasteiger partial charge < -0.3 is 10.6 Å². The van der Waals surface area contributed by atoms with E-state index >= 15 is 0 Å². The highest BCUT2D eigenvalue weighted by Gasteiger charge is 2.13. The second-order valence-corrected chi connectivity index (χ2v) is 6.51. The van der Waals surface area contributed by atoms with Crippen molar-refractivity contribution in [3.63, 3.8) is 0 Å². The lowest BCUT2D eigenvalue weighted by molar-refractivity contribution is -0.121. The third-order valence-electron chi connectivity index (χ3n) is 3.47. The van der Waals surface area contributed by atoms with Gasteiger partial charge in [0.15, 0.2) is 0 Å². The van der Waals surface area contributed by atoms with Crippen LogP contribution in [0.4, 0.5) is 0 Å². The number of carbonyl (C=O) groups excluding carboxylic acids is 1. The van der Waals surface area contributed by atoms with Gasteiger partial charge in [0.2, 0.25) is 5.91 Å². The molecule has 0 aliphatic heterocycles. The van der Waals surface area contributed by atoms with Crippen molar-refractivity contribution in [3.05, 3.63) is 21.4 Å². The van der Waals surface area contributed by atoms with Crippen molar-refractivity contribution in [1.29, 1.82) is 0 Å². The first-order valence-electron chi connectivity index (χ1n) is 7.07. The molecule has 0 aromatic carbocycles. The summed E-state index contributed by atoms with van der Waals surface area (Å²) in [6, 6.07) is 2.73. The Labute approximate surface area is 120 Å². The van der Waals surface area contributed by atoms with E-state index in [0.29, 0.717) is 12.6 Å². The van der Waals surface area contributed by atoms with E-state index in [1.807, 2.05) is 11.3 Å². The summed E-state index contributed by atoms with van der Waals surface area (Å²) in [5.41, 5.74) is 1.30. The smallest absolute Gasteiger partial charge is 0.234 e. The first kappa shape index (κ1) is 16.2. The molecular formula is C15H26N2OS. The maximum atomic E-state index is 11.8. The van der Waals surface area contributed by atoms with Crippen LogP contribution in [0.25, 0.3) is 0 Å². The number of hydrogen-bond donors (Lipinski definition) is 2. The van der Waals surface area contributed by atoms with E-state index in [-0.39, 0.29) is 11.9 Å². The molecule has 3 nitrogen and oxygen atoms in total. The average molecular weight is 282 g/mol. The zero-order chi connectivity index (χ0) is 14.4. The molecule has 1 aromatic heterocycles. The Kier molecular flexibility index (Phi) is 6.52. The fourth-order valence-corrected chi connectivity index (χ4v) is 3.23. The van der Waals surface area contributed by atoms with Gasteiger partial charge in [0, 0.05) is 21.8 Å². The zero-order valence-electron chi connectivity index (χ0n) is 12.7. The summed E-state index contributed by atoms with van der Waals surface area (Å²) in [4.78, 5) is 14.5. The Hall–Kier alpha value is -0.870. The highest BCUT2D eigenvalue weighted by Crippen LogP contribution is 2.25. The van der Waals surface area contributed by atoms with Crippen molar-refractivity contribution in [2.45, 2.75) is 59.5 Å². The summed E-state index contributed by atoms with van der Waals surface area (Å²) in [5, 5.41) is 6.35. The molecule has 0 spiro atoms.